The molecule has 1 atom stereocenters. The zero-order valence-electron chi connectivity index (χ0n) is 10.9. The molecule has 94 valence electrons. The number of carbonyl (C=O) groups is 1. The highest BCUT2D eigenvalue weighted by Crippen LogP contribution is 2.18. The van der Waals surface area contributed by atoms with E-state index >= 15 is 0 Å². The van der Waals surface area contributed by atoms with Crippen LogP contribution in [0.25, 0.3) is 0 Å². The Labute approximate surface area is 109 Å². The van der Waals surface area contributed by atoms with Crippen molar-refractivity contribution in [1.82, 2.24) is 0 Å². The largest absolute Gasteiger partial charge is 0.325 e. The van der Waals surface area contributed by atoms with Gasteiger partial charge in [0, 0.05) is 5.69 Å². The highest BCUT2D eigenvalue weighted by Gasteiger charge is 2.17. The van der Waals surface area contributed by atoms with Gasteiger partial charge in [-0.3, -0.25) is 4.79 Å². The van der Waals surface area contributed by atoms with E-state index < -0.39 is 0 Å². The van der Waals surface area contributed by atoms with Crippen LogP contribution in [0.3, 0.4) is 0 Å². The maximum Gasteiger partial charge on any atom is 0.237 e. The first-order valence-electron chi connectivity index (χ1n) is 6.00. The zero-order valence-corrected chi connectivity index (χ0v) is 11.8. The van der Waals surface area contributed by atoms with E-state index in [4.69, 9.17) is 0 Å². The lowest BCUT2D eigenvalue weighted by Gasteiger charge is -2.15. The molecular formula is C14H21NOS. The lowest BCUT2D eigenvalue weighted by Crippen LogP contribution is -2.27. The molecule has 0 radical (unpaired) electrons. The monoisotopic (exact) mass is 251 g/mol. The van der Waals surface area contributed by atoms with Crippen LogP contribution in [0.1, 0.15) is 39.2 Å². The summed E-state index contributed by atoms with van der Waals surface area (Å²) in [6, 6.07) is 7.97. The van der Waals surface area contributed by atoms with Crippen LogP contribution >= 0.6 is 12.6 Å². The van der Waals surface area contributed by atoms with Crippen molar-refractivity contribution in [1.29, 1.82) is 0 Å². The average Bonchev–Trinajstić information content (AvgIpc) is 2.28. The quantitative estimate of drug-likeness (QED) is 0.785. The molecule has 0 saturated carbocycles. The van der Waals surface area contributed by atoms with E-state index in [2.05, 4.69) is 31.8 Å². The van der Waals surface area contributed by atoms with E-state index in [0.717, 1.165) is 5.69 Å². The van der Waals surface area contributed by atoms with E-state index in [1.807, 2.05) is 38.1 Å². The number of thiol groups is 1. The first kappa shape index (κ1) is 14.1. The van der Waals surface area contributed by atoms with Crippen LogP contribution in [0, 0.1) is 5.92 Å². The van der Waals surface area contributed by atoms with Gasteiger partial charge in [-0.2, -0.15) is 12.6 Å². The number of benzene rings is 1. The van der Waals surface area contributed by atoms with E-state index in [1.165, 1.54) is 5.56 Å². The molecule has 0 aliphatic rings. The standard InChI is InChI=1S/C14H21NOS/c1-9(2)11-5-7-12(8-6-11)15-14(16)13(17)10(3)4/h5-10,13,17H,1-4H3,(H,15,16). The fourth-order valence-electron chi connectivity index (χ4n) is 1.47. The highest BCUT2D eigenvalue weighted by atomic mass is 32.1. The third-order valence-electron chi connectivity index (χ3n) is 2.74. The van der Waals surface area contributed by atoms with Crippen molar-refractivity contribution in [3.8, 4) is 0 Å². The summed E-state index contributed by atoms with van der Waals surface area (Å²) in [7, 11) is 0. The van der Waals surface area contributed by atoms with E-state index in [9.17, 15) is 4.79 Å². The molecule has 2 nitrogen and oxygen atoms in total. The number of rotatable bonds is 4. The molecule has 1 unspecified atom stereocenters. The van der Waals surface area contributed by atoms with E-state index in [1.54, 1.807) is 0 Å². The Morgan fingerprint density at radius 1 is 1.12 bits per heavy atom. The van der Waals surface area contributed by atoms with Crippen molar-refractivity contribution in [3.63, 3.8) is 0 Å². The second-order valence-corrected chi connectivity index (χ2v) is 5.51. The van der Waals surface area contributed by atoms with Crippen molar-refractivity contribution in [3.05, 3.63) is 29.8 Å². The lowest BCUT2D eigenvalue weighted by molar-refractivity contribution is -0.116. The van der Waals surface area contributed by atoms with Gasteiger partial charge in [-0.25, -0.2) is 0 Å². The van der Waals surface area contributed by atoms with Crippen LogP contribution in [0.5, 0.6) is 0 Å². The molecule has 1 rings (SSSR count). The Hall–Kier alpha value is -0.960. The fraction of sp³-hybridized carbons (Fsp3) is 0.500. The third kappa shape index (κ3) is 4.08. The Morgan fingerprint density at radius 3 is 2.06 bits per heavy atom. The summed E-state index contributed by atoms with van der Waals surface area (Å²) in [5.41, 5.74) is 2.10. The zero-order chi connectivity index (χ0) is 13.0. The minimum atomic E-state index is -0.264. The summed E-state index contributed by atoms with van der Waals surface area (Å²) in [6.07, 6.45) is 0. The first-order valence-corrected chi connectivity index (χ1v) is 6.52. The number of anilines is 1. The van der Waals surface area contributed by atoms with Gasteiger partial charge in [0.15, 0.2) is 0 Å². The van der Waals surface area contributed by atoms with E-state index in [-0.39, 0.29) is 17.1 Å². The Kier molecular flexibility index (Phi) is 5.06. The SMILES string of the molecule is CC(C)c1ccc(NC(=O)C(S)C(C)C)cc1. The van der Waals surface area contributed by atoms with Crippen molar-refractivity contribution in [2.24, 2.45) is 5.92 Å². The number of hydrogen-bond donors (Lipinski definition) is 2. The summed E-state index contributed by atoms with van der Waals surface area (Å²) >= 11 is 4.29. The molecular weight excluding hydrogens is 230 g/mol. The van der Waals surface area contributed by atoms with Crippen LogP contribution in [-0.4, -0.2) is 11.2 Å². The molecule has 0 aliphatic carbocycles. The molecule has 0 fully saturated rings. The van der Waals surface area contributed by atoms with Crippen molar-refractivity contribution in [2.45, 2.75) is 38.9 Å². The number of carbonyl (C=O) groups excluding carboxylic acids is 1. The van der Waals surface area contributed by atoms with Gasteiger partial charge >= 0.3 is 0 Å². The number of nitrogens with one attached hydrogen (secondary N) is 1. The minimum absolute atomic E-state index is 0.0411. The van der Waals surface area contributed by atoms with Gasteiger partial charge in [0.25, 0.3) is 0 Å². The van der Waals surface area contributed by atoms with E-state index in [0.29, 0.717) is 5.92 Å². The fourth-order valence-corrected chi connectivity index (χ4v) is 1.53. The Balaban J connectivity index is 2.66. The smallest absolute Gasteiger partial charge is 0.237 e. The van der Waals surface area contributed by atoms with Crippen molar-refractivity contribution >= 4 is 24.2 Å². The number of amides is 1. The summed E-state index contributed by atoms with van der Waals surface area (Å²) in [5, 5.41) is 2.61. The van der Waals surface area contributed by atoms with Crippen molar-refractivity contribution < 1.29 is 4.79 Å². The molecule has 0 spiro atoms. The summed E-state index contributed by atoms with van der Waals surface area (Å²) in [4.78, 5) is 11.8. The van der Waals surface area contributed by atoms with Gasteiger partial charge in [0.2, 0.25) is 5.91 Å². The summed E-state index contributed by atoms with van der Waals surface area (Å²) in [5.74, 6) is 0.696. The molecule has 1 aromatic carbocycles. The Bertz CT molecular complexity index is 370. The molecule has 1 amide bonds. The van der Waals surface area contributed by atoms with Crippen LogP contribution in [0.4, 0.5) is 5.69 Å². The predicted molar refractivity (Wildman–Crippen MR) is 76.8 cm³/mol. The molecule has 0 bridgehead atoms. The molecule has 3 heteroatoms. The van der Waals surface area contributed by atoms with Crippen LogP contribution < -0.4 is 5.32 Å². The normalized spacial score (nSPS) is 12.9. The topological polar surface area (TPSA) is 29.1 Å². The highest BCUT2D eigenvalue weighted by molar-refractivity contribution is 7.81. The van der Waals surface area contributed by atoms with Gasteiger partial charge in [-0.1, -0.05) is 39.8 Å². The average molecular weight is 251 g/mol. The number of hydrogen-bond acceptors (Lipinski definition) is 2. The third-order valence-corrected chi connectivity index (χ3v) is 3.58. The van der Waals surface area contributed by atoms with Gasteiger partial charge in [-0.15, -0.1) is 0 Å². The van der Waals surface area contributed by atoms with Gasteiger partial charge in [-0.05, 0) is 29.5 Å². The van der Waals surface area contributed by atoms with Crippen LogP contribution in [0.2, 0.25) is 0 Å². The van der Waals surface area contributed by atoms with Crippen LogP contribution in [-0.2, 0) is 4.79 Å². The Morgan fingerprint density at radius 2 is 1.65 bits per heavy atom. The molecule has 0 heterocycles. The van der Waals surface area contributed by atoms with Gasteiger partial charge < -0.3 is 5.32 Å². The second kappa shape index (κ2) is 6.10. The van der Waals surface area contributed by atoms with Gasteiger partial charge in [0.05, 0.1) is 5.25 Å². The van der Waals surface area contributed by atoms with Crippen LogP contribution in [0.15, 0.2) is 24.3 Å². The van der Waals surface area contributed by atoms with Gasteiger partial charge in [0.1, 0.15) is 0 Å². The second-order valence-electron chi connectivity index (χ2n) is 4.95. The molecule has 0 saturated heterocycles. The predicted octanol–water partition coefficient (Wildman–Crippen LogP) is 3.70. The molecule has 1 aromatic rings. The lowest BCUT2D eigenvalue weighted by atomic mass is 10.0. The molecule has 0 aromatic heterocycles. The summed E-state index contributed by atoms with van der Waals surface area (Å²) in [6.45, 7) is 8.27. The molecule has 0 aliphatic heterocycles. The maximum atomic E-state index is 11.8. The summed E-state index contributed by atoms with van der Waals surface area (Å²) < 4.78 is 0. The first-order chi connectivity index (χ1) is 7.91. The molecule has 17 heavy (non-hydrogen) atoms. The minimum Gasteiger partial charge on any atom is -0.325 e. The maximum absolute atomic E-state index is 11.8. The van der Waals surface area contributed by atoms with Crippen molar-refractivity contribution in [2.75, 3.05) is 5.32 Å². The molecule has 1 N–H and O–H groups in total.